The molecule has 0 aromatic heterocycles. The third-order valence-corrected chi connectivity index (χ3v) is 6.49. The molecule has 0 amide bonds. The van der Waals surface area contributed by atoms with Crippen molar-refractivity contribution >= 4 is 10.8 Å². The van der Waals surface area contributed by atoms with Gasteiger partial charge in [-0.15, -0.1) is 0 Å². The van der Waals surface area contributed by atoms with Gasteiger partial charge < -0.3 is 0 Å². The van der Waals surface area contributed by atoms with E-state index in [1.807, 2.05) is 18.2 Å². The van der Waals surface area contributed by atoms with Gasteiger partial charge in [-0.2, -0.15) is 0 Å². The zero-order valence-electron chi connectivity index (χ0n) is 20.4. The second-order valence-electron chi connectivity index (χ2n) is 9.58. The van der Waals surface area contributed by atoms with Crippen LogP contribution in [0.1, 0.15) is 82.8 Å². The number of fused-ring (bicyclic) bond motifs is 1. The van der Waals surface area contributed by atoms with Crippen LogP contribution in [0.15, 0.2) is 72.8 Å². The lowest BCUT2D eigenvalue weighted by Crippen LogP contribution is -1.99. The molecule has 2 saturated carbocycles. The fourth-order valence-electron chi connectivity index (χ4n) is 4.36. The summed E-state index contributed by atoms with van der Waals surface area (Å²) >= 11 is 0. The normalized spacial score (nSPS) is 16.3. The van der Waals surface area contributed by atoms with Crippen LogP contribution in [-0.2, 0) is 0 Å². The number of hydrogen-bond acceptors (Lipinski definition) is 0. The maximum absolute atomic E-state index is 2.36. The van der Waals surface area contributed by atoms with E-state index in [0.29, 0.717) is 0 Å². The van der Waals surface area contributed by atoms with Crippen molar-refractivity contribution in [3.05, 3.63) is 83.9 Å². The van der Waals surface area contributed by atoms with Gasteiger partial charge in [-0.1, -0.05) is 150 Å². The van der Waals surface area contributed by atoms with Crippen LogP contribution in [-0.4, -0.2) is 0 Å². The van der Waals surface area contributed by atoms with Crippen molar-refractivity contribution in [1.82, 2.24) is 0 Å². The van der Waals surface area contributed by atoms with E-state index < -0.39 is 0 Å². The maximum atomic E-state index is 2.36. The Morgan fingerprint density at radius 1 is 0.516 bits per heavy atom. The molecular weight excluding hydrogens is 372 g/mol. The average Bonchev–Trinajstić information content (AvgIpc) is 3.28. The molecule has 2 aliphatic rings. The van der Waals surface area contributed by atoms with E-state index in [1.165, 1.54) is 79.7 Å². The van der Waals surface area contributed by atoms with Crippen LogP contribution in [0.5, 0.6) is 0 Å². The first-order valence-corrected chi connectivity index (χ1v) is 12.5. The molecule has 0 bridgehead atoms. The Balaban J connectivity index is 0.000000152. The van der Waals surface area contributed by atoms with Crippen molar-refractivity contribution in [1.29, 1.82) is 0 Å². The summed E-state index contributed by atoms with van der Waals surface area (Å²) in [7, 11) is 0. The second kappa shape index (κ2) is 14.8. The molecular formula is C31H44. The Hall–Kier alpha value is -2.08. The molecule has 3 aromatic carbocycles. The lowest BCUT2D eigenvalue weighted by molar-refractivity contribution is 0.385. The van der Waals surface area contributed by atoms with Gasteiger partial charge in [0.15, 0.2) is 0 Å². The maximum Gasteiger partial charge on any atom is -0.0155 e. The lowest BCUT2D eigenvalue weighted by Gasteiger charge is -2.15. The molecule has 0 heteroatoms. The largest absolute Gasteiger partial charge is 0.0625 e. The second-order valence-corrected chi connectivity index (χ2v) is 9.58. The van der Waals surface area contributed by atoms with Gasteiger partial charge in [-0.25, -0.2) is 0 Å². The highest BCUT2D eigenvalue weighted by Gasteiger charge is 2.07. The fourth-order valence-corrected chi connectivity index (χ4v) is 4.36. The van der Waals surface area contributed by atoms with Gasteiger partial charge in [0.05, 0.1) is 0 Å². The first-order chi connectivity index (χ1) is 15.1. The fraction of sp³-hybridized carbons (Fsp3) is 0.484. The van der Waals surface area contributed by atoms with Gasteiger partial charge in [-0.05, 0) is 42.0 Å². The number of aryl methyl sites for hydroxylation is 2. The van der Waals surface area contributed by atoms with E-state index in [4.69, 9.17) is 0 Å². The molecule has 0 unspecified atom stereocenters. The molecule has 2 aliphatic carbocycles. The van der Waals surface area contributed by atoms with Gasteiger partial charge in [0, 0.05) is 0 Å². The van der Waals surface area contributed by atoms with Crippen LogP contribution >= 0.6 is 0 Å². The van der Waals surface area contributed by atoms with Crippen molar-refractivity contribution in [2.75, 3.05) is 0 Å². The van der Waals surface area contributed by atoms with Crippen molar-refractivity contribution < 1.29 is 0 Å². The number of hydrogen-bond donors (Lipinski definition) is 0. The van der Waals surface area contributed by atoms with Gasteiger partial charge in [0.1, 0.15) is 0 Å². The molecule has 0 N–H and O–H groups in total. The SMILES string of the molecule is CC1CCCC1.CC1CCCCC1.Cc1cccc2ccccc12.Cc1ccccc1. The molecule has 0 heterocycles. The molecule has 5 rings (SSSR count). The third-order valence-electron chi connectivity index (χ3n) is 6.49. The van der Waals surface area contributed by atoms with Gasteiger partial charge >= 0.3 is 0 Å². The van der Waals surface area contributed by atoms with E-state index >= 15 is 0 Å². The predicted molar refractivity (Wildman–Crippen MR) is 140 cm³/mol. The summed E-state index contributed by atoms with van der Waals surface area (Å²) < 4.78 is 0. The van der Waals surface area contributed by atoms with Crippen LogP contribution in [0, 0.1) is 25.7 Å². The summed E-state index contributed by atoms with van der Waals surface area (Å²) in [6.45, 7) is 8.93. The highest BCUT2D eigenvalue weighted by molar-refractivity contribution is 5.85. The molecule has 0 atom stereocenters. The first kappa shape index (κ1) is 25.2. The van der Waals surface area contributed by atoms with Gasteiger partial charge in [0.25, 0.3) is 0 Å². The van der Waals surface area contributed by atoms with E-state index in [1.54, 1.807) is 0 Å². The Morgan fingerprint density at radius 2 is 1.00 bits per heavy atom. The van der Waals surface area contributed by atoms with Crippen LogP contribution in [0.3, 0.4) is 0 Å². The summed E-state index contributed by atoms with van der Waals surface area (Å²) in [5.41, 5.74) is 2.67. The molecule has 168 valence electrons. The predicted octanol–water partition coefficient (Wildman–Crippen LogP) is 9.93. The van der Waals surface area contributed by atoms with Crippen LogP contribution < -0.4 is 0 Å². The highest BCUT2D eigenvalue weighted by atomic mass is 14.1. The van der Waals surface area contributed by atoms with Crippen molar-refractivity contribution in [3.8, 4) is 0 Å². The van der Waals surface area contributed by atoms with Crippen molar-refractivity contribution in [3.63, 3.8) is 0 Å². The molecule has 0 radical (unpaired) electrons. The Bertz CT molecular complexity index is 816. The zero-order valence-corrected chi connectivity index (χ0v) is 20.4. The third kappa shape index (κ3) is 10.7. The quantitative estimate of drug-likeness (QED) is 0.342. The molecule has 0 aliphatic heterocycles. The molecule has 31 heavy (non-hydrogen) atoms. The molecule has 0 nitrogen and oxygen atoms in total. The minimum absolute atomic E-state index is 1.04. The topological polar surface area (TPSA) is 0 Å². The summed E-state index contributed by atoms with van der Waals surface area (Å²) in [5.74, 6) is 2.08. The molecule has 0 saturated heterocycles. The smallest absolute Gasteiger partial charge is 0.0155 e. The summed E-state index contributed by atoms with van der Waals surface area (Å²) in [4.78, 5) is 0. The standard InChI is InChI=1S/C11H10.C7H14.C7H8.C6H12/c1-9-5-4-7-10-6-2-3-8-11(9)10;2*1-7-5-3-2-4-6-7;1-6-4-2-3-5-6/h2-8H,1H3;7H,2-6H2,1H3;2-6H,1H3;6H,2-5H2,1H3. The molecule has 2 fully saturated rings. The Kier molecular flexibility index (Phi) is 12.1. The minimum Gasteiger partial charge on any atom is -0.0625 e. The van der Waals surface area contributed by atoms with Gasteiger partial charge in [0.2, 0.25) is 0 Å². The Labute approximate surface area is 192 Å². The number of benzene rings is 3. The molecule has 3 aromatic rings. The summed E-state index contributed by atoms with van der Waals surface area (Å²) in [6.07, 6.45) is 13.4. The van der Waals surface area contributed by atoms with Crippen LogP contribution in [0.25, 0.3) is 10.8 Å². The monoisotopic (exact) mass is 416 g/mol. The van der Waals surface area contributed by atoms with E-state index in [0.717, 1.165) is 11.8 Å². The van der Waals surface area contributed by atoms with E-state index in [9.17, 15) is 0 Å². The summed E-state index contributed by atoms with van der Waals surface area (Å²) in [6, 6.07) is 25.1. The highest BCUT2D eigenvalue weighted by Crippen LogP contribution is 2.23. The molecule has 0 spiro atoms. The van der Waals surface area contributed by atoms with Gasteiger partial charge in [-0.3, -0.25) is 0 Å². The lowest BCUT2D eigenvalue weighted by atomic mass is 9.91. The van der Waals surface area contributed by atoms with E-state index in [-0.39, 0.29) is 0 Å². The Morgan fingerprint density at radius 3 is 1.42 bits per heavy atom. The first-order valence-electron chi connectivity index (χ1n) is 12.5. The van der Waals surface area contributed by atoms with Crippen LogP contribution in [0.4, 0.5) is 0 Å². The average molecular weight is 417 g/mol. The number of rotatable bonds is 0. The zero-order chi connectivity index (χ0) is 22.3. The summed E-state index contributed by atoms with van der Waals surface area (Å²) in [5, 5.41) is 2.68. The van der Waals surface area contributed by atoms with E-state index in [2.05, 4.69) is 82.3 Å². The minimum atomic E-state index is 1.04. The van der Waals surface area contributed by atoms with Crippen molar-refractivity contribution in [2.45, 2.75) is 85.5 Å². The van der Waals surface area contributed by atoms with Crippen LogP contribution in [0.2, 0.25) is 0 Å². The van der Waals surface area contributed by atoms with Crippen molar-refractivity contribution in [2.24, 2.45) is 11.8 Å².